The number of aromatic nitrogens is 1. The van der Waals surface area contributed by atoms with Crippen molar-refractivity contribution in [3.8, 4) is 11.8 Å². The molecule has 0 saturated carbocycles. The number of aliphatic hydroxyl groups excluding tert-OH is 1. The Morgan fingerprint density at radius 3 is 2.51 bits per heavy atom. The molecule has 11 heteroatoms. The molecule has 2 heterocycles. The molecular weight excluding hydrogens is 472 g/mol. The third kappa shape index (κ3) is 6.16. The molecule has 2 N–H and O–H groups in total. The second-order valence-electron chi connectivity index (χ2n) is 8.28. The summed E-state index contributed by atoms with van der Waals surface area (Å²) < 4.78 is 25.7. The second kappa shape index (κ2) is 10.9. The van der Waals surface area contributed by atoms with E-state index in [9.17, 15) is 22.8 Å². The van der Waals surface area contributed by atoms with Crippen LogP contribution in [-0.4, -0.2) is 78.7 Å². The first-order chi connectivity index (χ1) is 16.5. The molecular formula is C24H28N4O6S. The van der Waals surface area contributed by atoms with Crippen LogP contribution in [0, 0.1) is 18.8 Å². The molecule has 0 saturated heterocycles. The monoisotopic (exact) mass is 500 g/mol. The zero-order valence-electron chi connectivity index (χ0n) is 19.9. The van der Waals surface area contributed by atoms with Gasteiger partial charge in [-0.05, 0) is 18.6 Å². The molecule has 0 bridgehead atoms. The first-order valence-electron chi connectivity index (χ1n) is 10.9. The van der Waals surface area contributed by atoms with E-state index in [0.717, 1.165) is 21.7 Å². The summed E-state index contributed by atoms with van der Waals surface area (Å²) >= 11 is 0. The molecule has 1 aromatic carbocycles. The topological polar surface area (TPSA) is 129 Å². The van der Waals surface area contributed by atoms with E-state index in [1.807, 2.05) is 31.2 Å². The minimum Gasteiger partial charge on any atom is -0.384 e. The van der Waals surface area contributed by atoms with Crippen LogP contribution in [0.4, 0.5) is 0 Å². The van der Waals surface area contributed by atoms with E-state index in [1.165, 1.54) is 22.6 Å². The van der Waals surface area contributed by atoms with Gasteiger partial charge in [0, 0.05) is 39.8 Å². The predicted octanol–water partition coefficient (Wildman–Crippen LogP) is -0.222. The molecule has 0 fully saturated rings. The van der Waals surface area contributed by atoms with Crippen LogP contribution in [0.25, 0.3) is 0 Å². The minimum absolute atomic E-state index is 0.0132. The van der Waals surface area contributed by atoms with Crippen molar-refractivity contribution >= 4 is 21.8 Å². The van der Waals surface area contributed by atoms with E-state index in [0.29, 0.717) is 0 Å². The standard InChI is InChI=1S/C24H28N4O6S/c1-17-6-8-18(9-7-17)16-25-22(30)20-15-19(5-4-14-29)21-24(32)27(12-13-28(21)23(20)31)11-10-26(2)35(3,33)34/h6-9,15,29H,10-14,16H2,1-3H3,(H,25,30). The highest BCUT2D eigenvalue weighted by Gasteiger charge is 2.30. The molecule has 2 aromatic rings. The fraction of sp³-hybridized carbons (Fsp3) is 0.375. The van der Waals surface area contributed by atoms with Gasteiger partial charge >= 0.3 is 0 Å². The van der Waals surface area contributed by atoms with Crippen molar-refractivity contribution in [3.63, 3.8) is 0 Å². The van der Waals surface area contributed by atoms with Crippen LogP contribution in [0.3, 0.4) is 0 Å². The number of aliphatic hydroxyl groups is 1. The lowest BCUT2D eigenvalue weighted by Crippen LogP contribution is -2.48. The third-order valence-electron chi connectivity index (χ3n) is 5.74. The van der Waals surface area contributed by atoms with E-state index >= 15 is 0 Å². The quantitative estimate of drug-likeness (QED) is 0.506. The van der Waals surface area contributed by atoms with Crippen LogP contribution in [0.1, 0.15) is 37.5 Å². The number of carbonyl (C=O) groups is 2. The number of hydrogen-bond donors (Lipinski definition) is 2. The molecule has 35 heavy (non-hydrogen) atoms. The Hall–Kier alpha value is -3.46. The Balaban J connectivity index is 1.90. The molecule has 10 nitrogen and oxygen atoms in total. The summed E-state index contributed by atoms with van der Waals surface area (Å²) in [6.07, 6.45) is 1.08. The smallest absolute Gasteiger partial charge is 0.271 e. The Labute approximate surface area is 204 Å². The fourth-order valence-electron chi connectivity index (χ4n) is 3.60. The molecule has 0 radical (unpaired) electrons. The van der Waals surface area contributed by atoms with Crippen molar-refractivity contribution in [2.75, 3.05) is 39.5 Å². The number of aryl methyl sites for hydroxylation is 1. The van der Waals surface area contributed by atoms with Crippen LogP contribution >= 0.6 is 0 Å². The lowest BCUT2D eigenvalue weighted by atomic mass is 10.1. The van der Waals surface area contributed by atoms with Gasteiger partial charge < -0.3 is 19.9 Å². The van der Waals surface area contributed by atoms with Crippen molar-refractivity contribution in [1.82, 2.24) is 19.1 Å². The normalized spacial score (nSPS) is 13.3. The molecule has 1 aliphatic heterocycles. The number of nitrogens with zero attached hydrogens (tertiary/aromatic N) is 3. The number of carbonyl (C=O) groups excluding carboxylic acids is 2. The number of nitrogens with one attached hydrogen (secondary N) is 1. The minimum atomic E-state index is -3.41. The van der Waals surface area contributed by atoms with Gasteiger partial charge in [0.25, 0.3) is 17.4 Å². The van der Waals surface area contributed by atoms with E-state index in [1.54, 1.807) is 0 Å². The molecule has 2 amide bonds. The van der Waals surface area contributed by atoms with E-state index in [2.05, 4.69) is 17.2 Å². The van der Waals surface area contributed by atoms with Crippen molar-refractivity contribution in [1.29, 1.82) is 0 Å². The van der Waals surface area contributed by atoms with Crippen molar-refractivity contribution < 1.29 is 23.1 Å². The highest BCUT2D eigenvalue weighted by Crippen LogP contribution is 2.17. The number of benzene rings is 1. The summed E-state index contributed by atoms with van der Waals surface area (Å²) in [5, 5.41) is 11.9. The van der Waals surface area contributed by atoms with E-state index in [4.69, 9.17) is 5.11 Å². The average molecular weight is 501 g/mol. The van der Waals surface area contributed by atoms with E-state index in [-0.39, 0.29) is 49.5 Å². The van der Waals surface area contributed by atoms with Crippen LogP contribution < -0.4 is 10.9 Å². The SMILES string of the molecule is Cc1ccc(CNC(=O)c2cc(C#CCO)c3n(c2=O)CCN(CCN(C)S(C)(=O)=O)C3=O)cc1. The molecule has 0 spiro atoms. The highest BCUT2D eigenvalue weighted by molar-refractivity contribution is 7.88. The van der Waals surface area contributed by atoms with Crippen LogP contribution in [0.5, 0.6) is 0 Å². The van der Waals surface area contributed by atoms with Gasteiger partial charge in [-0.2, -0.15) is 0 Å². The Kier molecular flexibility index (Phi) is 8.11. The maximum Gasteiger partial charge on any atom is 0.271 e. The Morgan fingerprint density at radius 2 is 1.89 bits per heavy atom. The van der Waals surface area contributed by atoms with Gasteiger partial charge in [0.1, 0.15) is 17.9 Å². The second-order valence-corrected chi connectivity index (χ2v) is 10.4. The van der Waals surface area contributed by atoms with Gasteiger partial charge in [0.05, 0.1) is 11.8 Å². The number of pyridine rings is 1. The fourth-order valence-corrected chi connectivity index (χ4v) is 4.01. The molecule has 3 rings (SSSR count). The maximum absolute atomic E-state index is 13.2. The van der Waals surface area contributed by atoms with Crippen molar-refractivity contribution in [2.24, 2.45) is 0 Å². The number of likely N-dealkylation sites (N-methyl/N-ethyl adjacent to an activating group) is 1. The summed E-state index contributed by atoms with van der Waals surface area (Å²) in [7, 11) is -1.99. The van der Waals surface area contributed by atoms with Crippen LogP contribution in [0.15, 0.2) is 35.1 Å². The lowest BCUT2D eigenvalue weighted by molar-refractivity contribution is 0.0693. The van der Waals surface area contributed by atoms with Gasteiger partial charge in [0.15, 0.2) is 0 Å². The predicted molar refractivity (Wildman–Crippen MR) is 130 cm³/mol. The average Bonchev–Trinajstić information content (AvgIpc) is 2.81. The molecule has 1 aliphatic rings. The number of rotatable bonds is 7. The lowest BCUT2D eigenvalue weighted by Gasteiger charge is -2.31. The van der Waals surface area contributed by atoms with Gasteiger partial charge in [-0.1, -0.05) is 41.7 Å². The molecule has 186 valence electrons. The summed E-state index contributed by atoms with van der Waals surface area (Å²) in [6, 6.07) is 8.86. The molecule has 0 unspecified atom stereocenters. The summed E-state index contributed by atoms with van der Waals surface area (Å²) in [4.78, 5) is 40.6. The number of fused-ring (bicyclic) bond motifs is 1. The van der Waals surface area contributed by atoms with E-state index < -0.39 is 34.0 Å². The van der Waals surface area contributed by atoms with Crippen molar-refractivity contribution in [3.05, 3.63) is 68.6 Å². The Morgan fingerprint density at radius 1 is 1.20 bits per heavy atom. The number of sulfonamides is 1. The van der Waals surface area contributed by atoms with Gasteiger partial charge in [0.2, 0.25) is 10.0 Å². The van der Waals surface area contributed by atoms with Gasteiger partial charge in [-0.3, -0.25) is 14.4 Å². The van der Waals surface area contributed by atoms with Crippen LogP contribution in [0.2, 0.25) is 0 Å². The zero-order chi connectivity index (χ0) is 25.8. The zero-order valence-corrected chi connectivity index (χ0v) is 20.7. The number of amides is 2. The van der Waals surface area contributed by atoms with Gasteiger partial charge in [-0.25, -0.2) is 12.7 Å². The molecule has 0 atom stereocenters. The first-order valence-corrected chi connectivity index (χ1v) is 12.8. The van der Waals surface area contributed by atoms with Crippen molar-refractivity contribution in [2.45, 2.75) is 20.0 Å². The molecule has 0 aliphatic carbocycles. The summed E-state index contributed by atoms with van der Waals surface area (Å²) in [5.74, 6) is 4.05. The highest BCUT2D eigenvalue weighted by atomic mass is 32.2. The van der Waals surface area contributed by atoms with Gasteiger partial charge in [-0.15, -0.1) is 0 Å². The number of hydrogen-bond acceptors (Lipinski definition) is 6. The summed E-state index contributed by atoms with van der Waals surface area (Å²) in [5.41, 5.74) is 1.34. The summed E-state index contributed by atoms with van der Waals surface area (Å²) in [6.45, 7) is 2.22. The maximum atomic E-state index is 13.2. The third-order valence-corrected chi connectivity index (χ3v) is 7.06. The largest absolute Gasteiger partial charge is 0.384 e. The molecule has 1 aromatic heterocycles. The first kappa shape index (κ1) is 26.2. The van der Waals surface area contributed by atoms with Crippen LogP contribution in [-0.2, 0) is 23.1 Å². The Bertz CT molecular complexity index is 1350.